The number of benzene rings is 1. The van der Waals surface area contributed by atoms with Crippen LogP contribution in [0.4, 0.5) is 0 Å². The number of hydrogen-bond donors (Lipinski definition) is 2. The van der Waals surface area contributed by atoms with Crippen molar-refractivity contribution in [1.29, 1.82) is 0 Å². The zero-order chi connectivity index (χ0) is 23.2. The van der Waals surface area contributed by atoms with E-state index in [4.69, 9.17) is 9.26 Å². The van der Waals surface area contributed by atoms with Gasteiger partial charge in [-0.15, -0.1) is 0 Å². The first kappa shape index (κ1) is 22.9. The Balaban J connectivity index is 1.34. The van der Waals surface area contributed by atoms with Crippen molar-refractivity contribution >= 4 is 5.91 Å². The number of carbonyl (C=O) groups excluding carboxylic acids is 1. The maximum Gasteiger partial charge on any atom is 0.251 e. The normalized spacial score (nSPS) is 19.1. The van der Waals surface area contributed by atoms with Gasteiger partial charge >= 0.3 is 0 Å². The lowest BCUT2D eigenvalue weighted by molar-refractivity contribution is 0.0797. The third kappa shape index (κ3) is 5.97. The number of nitrogens with zero attached hydrogens (tertiary/aromatic N) is 3. The standard InChI is InChI=1S/C25H30N4O4/c1-17-22(18(2)33-28-17)16-32-21-10-8-19(9-11-21)25(31)27-23-15-29(13-5-7-24(23)30)14-20-6-3-4-12-26-20/h3-4,6,8-12,23-24,30H,5,7,13-16H2,1-2H3,(H,27,31)/t23-,24+/m0/s1. The van der Waals surface area contributed by atoms with Crippen LogP contribution in [-0.2, 0) is 13.2 Å². The zero-order valence-corrected chi connectivity index (χ0v) is 19.0. The van der Waals surface area contributed by atoms with Crippen molar-refractivity contribution in [2.75, 3.05) is 13.1 Å². The molecular weight excluding hydrogens is 420 g/mol. The predicted octanol–water partition coefficient (Wildman–Crippen LogP) is 3.02. The second-order valence-corrected chi connectivity index (χ2v) is 8.46. The number of aliphatic hydroxyl groups excluding tert-OH is 1. The highest BCUT2D eigenvalue weighted by Crippen LogP contribution is 2.19. The van der Waals surface area contributed by atoms with Crippen molar-refractivity contribution < 1.29 is 19.2 Å². The summed E-state index contributed by atoms with van der Waals surface area (Å²) in [5, 5.41) is 17.5. The molecule has 3 aromatic rings. The summed E-state index contributed by atoms with van der Waals surface area (Å²) in [5.41, 5.74) is 3.23. The van der Waals surface area contributed by atoms with E-state index in [1.54, 1.807) is 30.5 Å². The number of aliphatic hydroxyl groups is 1. The Morgan fingerprint density at radius 1 is 1.24 bits per heavy atom. The van der Waals surface area contributed by atoms with Crippen LogP contribution in [0.15, 0.2) is 53.2 Å². The minimum Gasteiger partial charge on any atom is -0.489 e. The molecule has 8 nitrogen and oxygen atoms in total. The summed E-state index contributed by atoms with van der Waals surface area (Å²) >= 11 is 0. The lowest BCUT2D eigenvalue weighted by atomic mass is 10.1. The average molecular weight is 451 g/mol. The second kappa shape index (κ2) is 10.6. The minimum atomic E-state index is -0.583. The molecule has 2 atom stereocenters. The van der Waals surface area contributed by atoms with Crippen molar-refractivity contribution in [3.63, 3.8) is 0 Å². The molecule has 0 saturated carbocycles. The van der Waals surface area contributed by atoms with E-state index in [1.165, 1.54) is 0 Å². The Kier molecular flexibility index (Phi) is 7.36. The minimum absolute atomic E-state index is 0.212. The van der Waals surface area contributed by atoms with Gasteiger partial charge in [-0.1, -0.05) is 11.2 Å². The van der Waals surface area contributed by atoms with E-state index >= 15 is 0 Å². The number of amides is 1. The summed E-state index contributed by atoms with van der Waals surface area (Å²) in [6.07, 6.45) is 2.72. The van der Waals surface area contributed by atoms with Crippen LogP contribution in [-0.4, -0.2) is 51.3 Å². The fraction of sp³-hybridized carbons (Fsp3) is 0.400. The highest BCUT2D eigenvalue weighted by Gasteiger charge is 2.27. The number of carbonyl (C=O) groups is 1. The highest BCUT2D eigenvalue weighted by atomic mass is 16.5. The summed E-state index contributed by atoms with van der Waals surface area (Å²) in [4.78, 5) is 19.5. The van der Waals surface area contributed by atoms with Crippen molar-refractivity contribution in [2.24, 2.45) is 0 Å². The van der Waals surface area contributed by atoms with Crippen molar-refractivity contribution in [2.45, 2.75) is 52.0 Å². The fourth-order valence-corrected chi connectivity index (χ4v) is 4.04. The molecule has 8 heteroatoms. The number of pyridine rings is 1. The summed E-state index contributed by atoms with van der Waals surface area (Å²) in [7, 11) is 0. The molecule has 3 heterocycles. The van der Waals surface area contributed by atoms with E-state index in [-0.39, 0.29) is 11.9 Å². The summed E-state index contributed by atoms with van der Waals surface area (Å²) in [5.74, 6) is 1.18. The fourth-order valence-electron chi connectivity index (χ4n) is 4.04. The molecule has 1 aromatic carbocycles. The predicted molar refractivity (Wildman–Crippen MR) is 123 cm³/mol. The number of aryl methyl sites for hydroxylation is 2. The molecule has 1 amide bonds. The van der Waals surface area contributed by atoms with Crippen molar-refractivity contribution in [3.05, 3.63) is 76.9 Å². The quantitative estimate of drug-likeness (QED) is 0.571. The Hall–Kier alpha value is -3.23. The monoisotopic (exact) mass is 450 g/mol. The Labute approximate surface area is 193 Å². The number of hydrogen-bond acceptors (Lipinski definition) is 7. The van der Waals surface area contributed by atoms with Gasteiger partial charge < -0.3 is 19.7 Å². The number of likely N-dealkylation sites (tertiary alicyclic amines) is 1. The molecule has 174 valence electrons. The Morgan fingerprint density at radius 2 is 2.06 bits per heavy atom. The van der Waals surface area contributed by atoms with Gasteiger partial charge in [0.25, 0.3) is 5.91 Å². The summed E-state index contributed by atoms with van der Waals surface area (Å²) < 4.78 is 11.0. The van der Waals surface area contributed by atoms with E-state index < -0.39 is 6.10 Å². The van der Waals surface area contributed by atoms with Crippen LogP contribution in [0.2, 0.25) is 0 Å². The molecule has 1 aliphatic heterocycles. The van der Waals surface area contributed by atoms with Gasteiger partial charge in [0.1, 0.15) is 18.1 Å². The van der Waals surface area contributed by atoms with Gasteiger partial charge in [0.15, 0.2) is 0 Å². The average Bonchev–Trinajstić information content (AvgIpc) is 3.04. The number of nitrogens with one attached hydrogen (secondary N) is 1. The molecule has 1 aliphatic rings. The van der Waals surface area contributed by atoms with Gasteiger partial charge in [0.2, 0.25) is 0 Å². The maximum absolute atomic E-state index is 12.9. The lowest BCUT2D eigenvalue weighted by Crippen LogP contribution is -2.48. The number of aromatic nitrogens is 2. The molecule has 1 fully saturated rings. The van der Waals surface area contributed by atoms with Crippen LogP contribution >= 0.6 is 0 Å². The van der Waals surface area contributed by atoms with E-state index in [0.717, 1.165) is 35.7 Å². The second-order valence-electron chi connectivity index (χ2n) is 8.46. The summed E-state index contributed by atoms with van der Waals surface area (Å²) in [6, 6.07) is 12.5. The van der Waals surface area contributed by atoms with Crippen molar-refractivity contribution in [3.8, 4) is 5.75 Å². The molecule has 0 bridgehead atoms. The third-order valence-electron chi connectivity index (χ3n) is 6.00. The van der Waals surface area contributed by atoms with Gasteiger partial charge in [-0.05, 0) is 69.6 Å². The van der Waals surface area contributed by atoms with Gasteiger partial charge in [-0.25, -0.2) is 0 Å². The first-order valence-electron chi connectivity index (χ1n) is 11.3. The number of rotatable bonds is 7. The molecule has 2 aromatic heterocycles. The molecule has 2 N–H and O–H groups in total. The highest BCUT2D eigenvalue weighted by molar-refractivity contribution is 5.94. The number of ether oxygens (including phenoxy) is 1. The molecule has 1 saturated heterocycles. The van der Waals surface area contributed by atoms with E-state index in [1.807, 2.05) is 32.0 Å². The first-order valence-corrected chi connectivity index (χ1v) is 11.3. The van der Waals surface area contributed by atoms with Crippen LogP contribution < -0.4 is 10.1 Å². The Morgan fingerprint density at radius 3 is 2.76 bits per heavy atom. The molecule has 0 unspecified atom stereocenters. The van der Waals surface area contributed by atoms with Gasteiger partial charge in [0, 0.05) is 24.8 Å². The lowest BCUT2D eigenvalue weighted by Gasteiger charge is -2.27. The topological polar surface area (TPSA) is 101 Å². The zero-order valence-electron chi connectivity index (χ0n) is 19.0. The van der Waals surface area contributed by atoms with Crippen molar-refractivity contribution in [1.82, 2.24) is 20.4 Å². The first-order chi connectivity index (χ1) is 16.0. The summed E-state index contributed by atoms with van der Waals surface area (Å²) in [6.45, 7) is 6.21. The van der Waals surface area contributed by atoms with Crippen LogP contribution in [0.5, 0.6) is 5.75 Å². The largest absolute Gasteiger partial charge is 0.489 e. The smallest absolute Gasteiger partial charge is 0.251 e. The van der Waals surface area contributed by atoms with E-state index in [0.29, 0.717) is 37.4 Å². The molecule has 0 spiro atoms. The molecule has 33 heavy (non-hydrogen) atoms. The molecule has 0 radical (unpaired) electrons. The molecule has 0 aliphatic carbocycles. The van der Waals surface area contributed by atoms with Gasteiger partial charge in [0.05, 0.1) is 29.1 Å². The van der Waals surface area contributed by atoms with E-state index in [2.05, 4.69) is 20.4 Å². The maximum atomic E-state index is 12.9. The molecular formula is C25H30N4O4. The van der Waals surface area contributed by atoms with Gasteiger partial charge in [-0.3, -0.25) is 14.7 Å². The van der Waals surface area contributed by atoms with Crippen LogP contribution in [0.3, 0.4) is 0 Å². The molecule has 4 rings (SSSR count). The van der Waals surface area contributed by atoms with Crippen LogP contribution in [0.25, 0.3) is 0 Å². The van der Waals surface area contributed by atoms with Gasteiger partial charge in [-0.2, -0.15) is 0 Å². The Bertz CT molecular complexity index is 1030. The van der Waals surface area contributed by atoms with Crippen LogP contribution in [0.1, 0.15) is 45.9 Å². The third-order valence-corrected chi connectivity index (χ3v) is 6.00. The van der Waals surface area contributed by atoms with E-state index in [9.17, 15) is 9.90 Å². The SMILES string of the molecule is Cc1noc(C)c1COc1ccc(C(=O)N[C@H]2CN(Cc3ccccn3)CCC[C@H]2O)cc1. The van der Waals surface area contributed by atoms with Crippen LogP contribution in [0, 0.1) is 13.8 Å².